The fraction of sp³-hybridized carbons (Fsp3) is 0.103. The van der Waals surface area contributed by atoms with Crippen LogP contribution in [-0.4, -0.2) is 0 Å². The highest BCUT2D eigenvalue weighted by Gasteiger charge is 2.16. The zero-order chi connectivity index (χ0) is 19.8. The lowest BCUT2D eigenvalue weighted by atomic mass is 9.85. The van der Waals surface area contributed by atoms with E-state index in [9.17, 15) is 0 Å². The molecule has 140 valence electrons. The summed E-state index contributed by atoms with van der Waals surface area (Å²) in [5, 5.41) is 5.25. The predicted molar refractivity (Wildman–Crippen MR) is 126 cm³/mol. The second-order valence-electron chi connectivity index (χ2n) is 7.76. The van der Waals surface area contributed by atoms with Gasteiger partial charge in [0.05, 0.1) is 0 Å². The van der Waals surface area contributed by atoms with Crippen molar-refractivity contribution in [2.75, 3.05) is 0 Å². The molecular formula is C29H24. The maximum Gasteiger partial charge on any atom is -0.00263 e. The predicted octanol–water partition coefficient (Wildman–Crippen LogP) is 8.20. The van der Waals surface area contributed by atoms with Crippen molar-refractivity contribution in [3.8, 4) is 22.3 Å². The molecule has 0 heterocycles. The van der Waals surface area contributed by atoms with Gasteiger partial charge in [-0.3, -0.25) is 0 Å². The lowest BCUT2D eigenvalue weighted by Gasteiger charge is -2.18. The molecule has 0 unspecified atom stereocenters. The first-order valence-electron chi connectivity index (χ1n) is 10.4. The van der Waals surface area contributed by atoms with Gasteiger partial charge in [0.25, 0.3) is 0 Å². The molecular weight excluding hydrogens is 348 g/mol. The van der Waals surface area contributed by atoms with Gasteiger partial charge in [-0.1, -0.05) is 110 Å². The summed E-state index contributed by atoms with van der Waals surface area (Å²) in [5.74, 6) is 0. The molecule has 0 radical (unpaired) electrons. The SMILES string of the molecule is CCc1ccc(-c2c3ccccc3c(-c3cccc(C)c3)c3ccccc23)cc1. The van der Waals surface area contributed by atoms with E-state index in [0.29, 0.717) is 0 Å². The molecule has 0 nitrogen and oxygen atoms in total. The van der Waals surface area contributed by atoms with Gasteiger partial charge in [0, 0.05) is 0 Å². The molecule has 5 aromatic carbocycles. The van der Waals surface area contributed by atoms with Crippen LogP contribution in [0.4, 0.5) is 0 Å². The molecule has 5 rings (SSSR count). The van der Waals surface area contributed by atoms with E-state index in [1.165, 1.54) is 54.9 Å². The number of fused-ring (bicyclic) bond motifs is 2. The van der Waals surface area contributed by atoms with Gasteiger partial charge in [0.1, 0.15) is 0 Å². The number of rotatable bonds is 3. The summed E-state index contributed by atoms with van der Waals surface area (Å²) in [5.41, 5.74) is 7.88. The topological polar surface area (TPSA) is 0 Å². The van der Waals surface area contributed by atoms with E-state index in [4.69, 9.17) is 0 Å². The standard InChI is InChI=1S/C29H24/c1-3-21-15-17-22(18-16-21)28-24-11-4-6-13-26(24)29(23-10-8-9-20(2)19-23)27-14-7-5-12-25(27)28/h4-19H,3H2,1-2H3. The van der Waals surface area contributed by atoms with Gasteiger partial charge >= 0.3 is 0 Å². The molecule has 0 spiro atoms. The number of hydrogen-bond donors (Lipinski definition) is 0. The Kier molecular flexibility index (Phi) is 4.41. The van der Waals surface area contributed by atoms with E-state index in [1.807, 2.05) is 0 Å². The van der Waals surface area contributed by atoms with E-state index in [1.54, 1.807) is 0 Å². The normalized spacial score (nSPS) is 11.2. The maximum atomic E-state index is 2.30. The Hall–Kier alpha value is -3.38. The number of benzene rings is 5. The number of aryl methyl sites for hydroxylation is 2. The number of hydrogen-bond acceptors (Lipinski definition) is 0. The van der Waals surface area contributed by atoms with Gasteiger partial charge in [-0.2, -0.15) is 0 Å². The van der Waals surface area contributed by atoms with Crippen LogP contribution in [-0.2, 0) is 6.42 Å². The molecule has 0 aliphatic carbocycles. The van der Waals surface area contributed by atoms with Crippen LogP contribution in [0.5, 0.6) is 0 Å². The van der Waals surface area contributed by atoms with E-state index in [2.05, 4.69) is 111 Å². The van der Waals surface area contributed by atoms with E-state index in [-0.39, 0.29) is 0 Å². The van der Waals surface area contributed by atoms with Crippen molar-refractivity contribution in [1.82, 2.24) is 0 Å². The molecule has 29 heavy (non-hydrogen) atoms. The smallest absolute Gasteiger partial charge is 0.00263 e. The third kappa shape index (κ3) is 3.02. The van der Waals surface area contributed by atoms with Gasteiger partial charge in [-0.05, 0) is 62.7 Å². The molecule has 0 aliphatic heterocycles. The monoisotopic (exact) mass is 372 g/mol. The van der Waals surface area contributed by atoms with E-state index in [0.717, 1.165) is 6.42 Å². The van der Waals surface area contributed by atoms with Crippen molar-refractivity contribution >= 4 is 21.5 Å². The second kappa shape index (κ2) is 7.22. The van der Waals surface area contributed by atoms with Crippen LogP contribution < -0.4 is 0 Å². The summed E-state index contributed by atoms with van der Waals surface area (Å²) >= 11 is 0. The zero-order valence-corrected chi connectivity index (χ0v) is 16.9. The summed E-state index contributed by atoms with van der Waals surface area (Å²) in [7, 11) is 0. The minimum atomic E-state index is 1.06. The van der Waals surface area contributed by atoms with Gasteiger partial charge in [0.2, 0.25) is 0 Å². The molecule has 0 saturated heterocycles. The zero-order valence-electron chi connectivity index (χ0n) is 16.9. The molecule has 0 amide bonds. The molecule has 0 atom stereocenters. The van der Waals surface area contributed by atoms with Crippen molar-refractivity contribution in [2.24, 2.45) is 0 Å². The largest absolute Gasteiger partial charge is 0.0616 e. The highest BCUT2D eigenvalue weighted by atomic mass is 14.2. The Labute approximate surface area is 172 Å². The molecule has 0 bridgehead atoms. The highest BCUT2D eigenvalue weighted by Crippen LogP contribution is 2.43. The second-order valence-corrected chi connectivity index (χ2v) is 7.76. The molecule has 0 saturated carbocycles. The summed E-state index contributed by atoms with van der Waals surface area (Å²) in [6.45, 7) is 4.37. The highest BCUT2D eigenvalue weighted by molar-refractivity contribution is 6.21. The van der Waals surface area contributed by atoms with Gasteiger partial charge in [-0.15, -0.1) is 0 Å². The van der Waals surface area contributed by atoms with Crippen LogP contribution in [0, 0.1) is 6.92 Å². The van der Waals surface area contributed by atoms with Crippen LogP contribution in [0.25, 0.3) is 43.8 Å². The van der Waals surface area contributed by atoms with Crippen LogP contribution in [0.2, 0.25) is 0 Å². The summed E-state index contributed by atoms with van der Waals surface area (Å²) in [6, 6.07) is 35.6. The summed E-state index contributed by atoms with van der Waals surface area (Å²) in [6.07, 6.45) is 1.06. The third-order valence-corrected chi connectivity index (χ3v) is 5.89. The Bertz CT molecular complexity index is 1270. The van der Waals surface area contributed by atoms with Crippen LogP contribution in [0.15, 0.2) is 97.1 Å². The van der Waals surface area contributed by atoms with Crippen molar-refractivity contribution in [3.05, 3.63) is 108 Å². The molecule has 0 N–H and O–H groups in total. The quantitative estimate of drug-likeness (QED) is 0.280. The average molecular weight is 373 g/mol. The molecule has 0 fully saturated rings. The van der Waals surface area contributed by atoms with Crippen molar-refractivity contribution in [3.63, 3.8) is 0 Å². The van der Waals surface area contributed by atoms with Gasteiger partial charge in [-0.25, -0.2) is 0 Å². The Morgan fingerprint density at radius 1 is 0.517 bits per heavy atom. The first kappa shape index (κ1) is 17.7. The van der Waals surface area contributed by atoms with Crippen molar-refractivity contribution < 1.29 is 0 Å². The van der Waals surface area contributed by atoms with Gasteiger partial charge < -0.3 is 0 Å². The molecule has 0 aliphatic rings. The first-order chi connectivity index (χ1) is 14.3. The molecule has 5 aromatic rings. The van der Waals surface area contributed by atoms with E-state index < -0.39 is 0 Å². The Morgan fingerprint density at radius 3 is 1.52 bits per heavy atom. The lowest BCUT2D eigenvalue weighted by molar-refractivity contribution is 1.14. The van der Waals surface area contributed by atoms with Crippen molar-refractivity contribution in [2.45, 2.75) is 20.3 Å². The fourth-order valence-electron chi connectivity index (χ4n) is 4.46. The fourth-order valence-corrected chi connectivity index (χ4v) is 4.46. The Morgan fingerprint density at radius 2 is 1.03 bits per heavy atom. The third-order valence-electron chi connectivity index (χ3n) is 5.89. The van der Waals surface area contributed by atoms with E-state index >= 15 is 0 Å². The van der Waals surface area contributed by atoms with Gasteiger partial charge in [0.15, 0.2) is 0 Å². The maximum absolute atomic E-state index is 2.30. The molecule has 0 aromatic heterocycles. The Balaban J connectivity index is 1.93. The summed E-state index contributed by atoms with van der Waals surface area (Å²) in [4.78, 5) is 0. The summed E-state index contributed by atoms with van der Waals surface area (Å²) < 4.78 is 0. The van der Waals surface area contributed by atoms with Crippen LogP contribution in [0.1, 0.15) is 18.1 Å². The van der Waals surface area contributed by atoms with Crippen LogP contribution in [0.3, 0.4) is 0 Å². The van der Waals surface area contributed by atoms with Crippen LogP contribution >= 0.6 is 0 Å². The van der Waals surface area contributed by atoms with Crippen molar-refractivity contribution in [1.29, 1.82) is 0 Å². The first-order valence-corrected chi connectivity index (χ1v) is 10.4. The molecule has 0 heteroatoms. The minimum Gasteiger partial charge on any atom is -0.0616 e. The lowest BCUT2D eigenvalue weighted by Crippen LogP contribution is -1.91. The minimum absolute atomic E-state index is 1.06. The average Bonchev–Trinajstić information content (AvgIpc) is 2.77.